The van der Waals surface area contributed by atoms with Crippen molar-refractivity contribution in [2.45, 2.75) is 56.8 Å². The van der Waals surface area contributed by atoms with E-state index in [4.69, 9.17) is 63.6 Å². The monoisotopic (exact) mass is 630 g/mol. The maximum atomic E-state index is 13.6. The SMILES string of the molecule is C[C@@H]1CN(C(=O)C(N)Cc2ccc(Cl)cc2Cl)[C@@H](CCCNCCN)CN1C(=O)[C@H](N)Cc1ccc(Cl)cc1Cl. The van der Waals surface area contributed by atoms with Crippen molar-refractivity contribution in [3.05, 3.63) is 67.6 Å². The number of halogens is 4. The van der Waals surface area contributed by atoms with Gasteiger partial charge in [-0.05, 0) is 74.5 Å². The molecule has 0 bridgehead atoms. The summed E-state index contributed by atoms with van der Waals surface area (Å²) in [6.07, 6.45) is 2.04. The number of carbonyl (C=O) groups is 2. The van der Waals surface area contributed by atoms with Crippen LogP contribution in [0, 0.1) is 0 Å². The van der Waals surface area contributed by atoms with Crippen LogP contribution in [-0.4, -0.2) is 78.5 Å². The van der Waals surface area contributed by atoms with Crippen LogP contribution in [0.4, 0.5) is 0 Å². The normalized spacial score (nSPS) is 19.0. The molecule has 0 spiro atoms. The van der Waals surface area contributed by atoms with Crippen LogP contribution in [0.25, 0.3) is 0 Å². The predicted molar refractivity (Wildman–Crippen MR) is 164 cm³/mol. The third kappa shape index (κ3) is 8.94. The van der Waals surface area contributed by atoms with Gasteiger partial charge in [0.05, 0.1) is 12.1 Å². The zero-order valence-electron chi connectivity index (χ0n) is 22.6. The van der Waals surface area contributed by atoms with Gasteiger partial charge in [-0.15, -0.1) is 0 Å². The highest BCUT2D eigenvalue weighted by molar-refractivity contribution is 6.35. The molecule has 3 rings (SSSR count). The van der Waals surface area contributed by atoms with E-state index in [2.05, 4.69) is 5.32 Å². The van der Waals surface area contributed by atoms with Gasteiger partial charge in [0, 0.05) is 58.4 Å². The fourth-order valence-electron chi connectivity index (χ4n) is 5.00. The van der Waals surface area contributed by atoms with Crippen molar-refractivity contribution < 1.29 is 9.59 Å². The number of nitrogens with two attached hydrogens (primary N) is 3. The van der Waals surface area contributed by atoms with Crippen molar-refractivity contribution in [2.75, 3.05) is 32.7 Å². The Labute approximate surface area is 256 Å². The van der Waals surface area contributed by atoms with Crippen LogP contribution in [0.15, 0.2) is 36.4 Å². The minimum Gasteiger partial charge on any atom is -0.335 e. The summed E-state index contributed by atoms with van der Waals surface area (Å²) < 4.78 is 0. The van der Waals surface area contributed by atoms with Crippen LogP contribution in [-0.2, 0) is 22.4 Å². The summed E-state index contributed by atoms with van der Waals surface area (Å²) in [5.74, 6) is -0.365. The Morgan fingerprint density at radius 3 is 1.90 bits per heavy atom. The maximum Gasteiger partial charge on any atom is 0.240 e. The van der Waals surface area contributed by atoms with Crippen LogP contribution in [0.1, 0.15) is 30.9 Å². The Morgan fingerprint density at radius 1 is 0.875 bits per heavy atom. The highest BCUT2D eigenvalue weighted by atomic mass is 35.5. The van der Waals surface area contributed by atoms with Gasteiger partial charge in [0.2, 0.25) is 11.8 Å². The molecule has 1 fully saturated rings. The molecular weight excluding hydrogens is 594 g/mol. The topological polar surface area (TPSA) is 131 Å². The van der Waals surface area contributed by atoms with Gasteiger partial charge in [0.25, 0.3) is 0 Å². The summed E-state index contributed by atoms with van der Waals surface area (Å²) in [6, 6.07) is 8.25. The number of benzene rings is 2. The van der Waals surface area contributed by atoms with Gasteiger partial charge in [0.1, 0.15) is 0 Å². The molecule has 0 aliphatic carbocycles. The molecule has 220 valence electrons. The molecule has 12 heteroatoms. The molecule has 1 aliphatic rings. The zero-order valence-corrected chi connectivity index (χ0v) is 25.6. The van der Waals surface area contributed by atoms with E-state index in [1.54, 1.807) is 41.3 Å². The standard InChI is InChI=1S/C28H38Cl4N6O2/c1-17-15-38(28(40)26(35)12-19-5-7-21(30)14-24(19)32)22(3-2-9-36-10-8-33)16-37(17)27(39)25(34)11-18-4-6-20(29)13-23(18)31/h4-7,13-14,17,22,25-26,36H,2-3,8-12,15-16,33-35H2,1H3/t17-,22+,25-,26?/m1/s1. The van der Waals surface area contributed by atoms with Gasteiger partial charge >= 0.3 is 0 Å². The minimum atomic E-state index is -0.791. The third-order valence-electron chi connectivity index (χ3n) is 7.16. The number of amides is 2. The average molecular weight is 632 g/mol. The van der Waals surface area contributed by atoms with E-state index in [1.807, 2.05) is 11.8 Å². The number of rotatable bonds is 12. The fraction of sp³-hybridized carbons (Fsp3) is 0.500. The van der Waals surface area contributed by atoms with Gasteiger partial charge in [-0.25, -0.2) is 0 Å². The molecule has 1 aliphatic heterocycles. The molecule has 2 aromatic rings. The Balaban J connectivity index is 1.73. The number of carbonyl (C=O) groups excluding carboxylic acids is 2. The van der Waals surface area contributed by atoms with Crippen LogP contribution in [0.2, 0.25) is 20.1 Å². The molecule has 1 unspecified atom stereocenters. The first-order chi connectivity index (χ1) is 19.0. The zero-order chi connectivity index (χ0) is 29.4. The first-order valence-electron chi connectivity index (χ1n) is 13.4. The lowest BCUT2D eigenvalue weighted by atomic mass is 9.97. The van der Waals surface area contributed by atoms with Crippen molar-refractivity contribution in [2.24, 2.45) is 17.2 Å². The number of nitrogens with zero attached hydrogens (tertiary/aromatic N) is 2. The lowest BCUT2D eigenvalue weighted by Crippen LogP contribution is -2.64. The second-order valence-electron chi connectivity index (χ2n) is 10.3. The Bertz CT molecular complexity index is 1170. The van der Waals surface area contributed by atoms with Gasteiger partial charge in [-0.1, -0.05) is 58.5 Å². The van der Waals surface area contributed by atoms with Crippen molar-refractivity contribution in [3.63, 3.8) is 0 Å². The molecule has 7 N–H and O–H groups in total. The summed E-state index contributed by atoms with van der Waals surface area (Å²) in [6.45, 7) is 4.64. The maximum absolute atomic E-state index is 13.6. The molecule has 2 amide bonds. The molecule has 0 aromatic heterocycles. The molecule has 0 saturated carbocycles. The first kappa shape index (κ1) is 32.9. The lowest BCUT2D eigenvalue weighted by Gasteiger charge is -2.47. The quantitative estimate of drug-likeness (QED) is 0.265. The molecule has 0 radical (unpaired) electrons. The molecule has 1 heterocycles. The van der Waals surface area contributed by atoms with Crippen LogP contribution >= 0.6 is 46.4 Å². The summed E-state index contributed by atoms with van der Waals surface area (Å²) in [7, 11) is 0. The predicted octanol–water partition coefficient (Wildman–Crippen LogP) is 3.50. The minimum absolute atomic E-state index is 0.179. The van der Waals surface area contributed by atoms with E-state index in [1.165, 1.54) is 0 Å². The molecule has 4 atom stereocenters. The number of nitrogens with one attached hydrogen (secondary N) is 1. The summed E-state index contributed by atoms with van der Waals surface area (Å²) >= 11 is 24.7. The van der Waals surface area contributed by atoms with E-state index in [0.29, 0.717) is 52.7 Å². The number of piperazine rings is 1. The van der Waals surface area contributed by atoms with Gasteiger partial charge < -0.3 is 32.3 Å². The number of hydrogen-bond donors (Lipinski definition) is 4. The first-order valence-corrected chi connectivity index (χ1v) is 14.9. The second kappa shape index (κ2) is 15.6. The van der Waals surface area contributed by atoms with E-state index in [-0.39, 0.29) is 36.7 Å². The van der Waals surface area contributed by atoms with Gasteiger partial charge in [-0.2, -0.15) is 0 Å². The molecule has 8 nitrogen and oxygen atoms in total. The Morgan fingerprint density at radius 2 is 1.40 bits per heavy atom. The third-order valence-corrected chi connectivity index (χ3v) is 8.34. The fourth-order valence-corrected chi connectivity index (χ4v) is 5.97. The molecule has 1 saturated heterocycles. The highest BCUT2D eigenvalue weighted by Crippen LogP contribution is 2.26. The van der Waals surface area contributed by atoms with Crippen LogP contribution < -0.4 is 22.5 Å². The molecular formula is C28H38Cl4N6O2. The van der Waals surface area contributed by atoms with Crippen molar-refractivity contribution in [1.82, 2.24) is 15.1 Å². The van der Waals surface area contributed by atoms with E-state index in [0.717, 1.165) is 24.1 Å². The van der Waals surface area contributed by atoms with Crippen LogP contribution in [0.5, 0.6) is 0 Å². The van der Waals surface area contributed by atoms with Crippen molar-refractivity contribution in [1.29, 1.82) is 0 Å². The van der Waals surface area contributed by atoms with Crippen molar-refractivity contribution >= 4 is 58.2 Å². The van der Waals surface area contributed by atoms with Gasteiger partial charge in [0.15, 0.2) is 0 Å². The molecule has 40 heavy (non-hydrogen) atoms. The van der Waals surface area contributed by atoms with E-state index >= 15 is 0 Å². The Hall–Kier alpha value is -1.62. The largest absolute Gasteiger partial charge is 0.335 e. The Kier molecular flexibility index (Phi) is 12.8. The summed E-state index contributed by atoms with van der Waals surface area (Å²) in [5, 5.41) is 5.25. The smallest absolute Gasteiger partial charge is 0.240 e. The molecule has 2 aromatic carbocycles. The van der Waals surface area contributed by atoms with Gasteiger partial charge in [-0.3, -0.25) is 9.59 Å². The highest BCUT2D eigenvalue weighted by Gasteiger charge is 2.39. The van der Waals surface area contributed by atoms with E-state index in [9.17, 15) is 9.59 Å². The lowest BCUT2D eigenvalue weighted by molar-refractivity contribution is -0.148. The average Bonchev–Trinajstić information content (AvgIpc) is 2.91. The number of hydrogen-bond acceptors (Lipinski definition) is 6. The summed E-state index contributed by atoms with van der Waals surface area (Å²) in [4.78, 5) is 30.7. The van der Waals surface area contributed by atoms with Crippen molar-refractivity contribution in [3.8, 4) is 0 Å². The van der Waals surface area contributed by atoms with E-state index < -0.39 is 12.1 Å². The second-order valence-corrected chi connectivity index (χ2v) is 11.9. The van der Waals surface area contributed by atoms with Crippen LogP contribution in [0.3, 0.4) is 0 Å². The summed E-state index contributed by atoms with van der Waals surface area (Å²) in [5.41, 5.74) is 19.9.